The van der Waals surface area contributed by atoms with Crippen LogP contribution in [-0.4, -0.2) is 29.1 Å². The molecule has 0 bridgehead atoms. The normalized spacial score (nSPS) is 11.0. The highest BCUT2D eigenvalue weighted by atomic mass is 35.5. The molecule has 26 heavy (non-hydrogen) atoms. The van der Waals surface area contributed by atoms with E-state index in [1.807, 2.05) is 31.1 Å². The second kappa shape index (κ2) is 8.27. The number of hydrogen-bond acceptors (Lipinski definition) is 3. The van der Waals surface area contributed by atoms with Gasteiger partial charge in [0.25, 0.3) is 0 Å². The summed E-state index contributed by atoms with van der Waals surface area (Å²) in [6, 6.07) is 0. The smallest absolute Gasteiger partial charge is 0.0951 e. The van der Waals surface area contributed by atoms with Crippen LogP contribution in [0, 0.1) is 27.7 Å². The van der Waals surface area contributed by atoms with E-state index in [9.17, 15) is 0 Å². The molecular formula is C18H26Cl2N6. The van der Waals surface area contributed by atoms with Gasteiger partial charge in [-0.05, 0) is 34.1 Å². The number of aryl methyl sites for hydroxylation is 5. The Morgan fingerprint density at radius 2 is 1.58 bits per heavy atom. The Hall–Kier alpha value is -1.79. The summed E-state index contributed by atoms with van der Waals surface area (Å²) in [5.41, 5.74) is 6.39. The molecule has 0 fully saturated rings. The molecular weight excluding hydrogens is 371 g/mol. The van der Waals surface area contributed by atoms with Crippen LogP contribution in [0.25, 0.3) is 11.3 Å². The molecule has 0 N–H and O–H groups in total. The van der Waals surface area contributed by atoms with Gasteiger partial charge in [-0.25, -0.2) is 4.98 Å². The van der Waals surface area contributed by atoms with E-state index in [1.165, 1.54) is 11.3 Å². The molecule has 142 valence electrons. The van der Waals surface area contributed by atoms with Crippen LogP contribution in [0.3, 0.4) is 0 Å². The SMILES string of the molecule is CCCn1nc(C)c(-c2cncn2CCn2nc(C)c(Cl)c2C)c1C.Cl. The number of imidazole rings is 1. The quantitative estimate of drug-likeness (QED) is 0.621. The maximum atomic E-state index is 6.25. The monoisotopic (exact) mass is 396 g/mol. The summed E-state index contributed by atoms with van der Waals surface area (Å²) < 4.78 is 6.21. The Kier molecular flexibility index (Phi) is 6.53. The average molecular weight is 397 g/mol. The molecule has 8 heteroatoms. The molecule has 3 heterocycles. The molecule has 0 spiro atoms. The van der Waals surface area contributed by atoms with Crippen molar-refractivity contribution in [2.45, 2.75) is 60.7 Å². The molecule has 0 aliphatic carbocycles. The highest BCUT2D eigenvalue weighted by Gasteiger charge is 2.17. The summed E-state index contributed by atoms with van der Waals surface area (Å²) >= 11 is 6.25. The fraction of sp³-hybridized carbons (Fsp3) is 0.500. The lowest BCUT2D eigenvalue weighted by molar-refractivity contribution is 0.523. The van der Waals surface area contributed by atoms with Crippen molar-refractivity contribution in [3.63, 3.8) is 0 Å². The van der Waals surface area contributed by atoms with Gasteiger partial charge in [0, 0.05) is 24.3 Å². The van der Waals surface area contributed by atoms with Crippen molar-refractivity contribution in [2.24, 2.45) is 0 Å². The lowest BCUT2D eigenvalue weighted by Gasteiger charge is -2.10. The molecule has 0 aromatic carbocycles. The molecule has 0 aliphatic rings. The molecule has 3 aromatic rings. The standard InChI is InChI=1S/C18H25ClN6.ClH/c1-6-7-24-14(4)17(12(2)21-24)16-10-20-11-23(16)8-9-25-15(5)18(19)13(3)22-25;/h10-11H,6-9H2,1-5H3;1H. The first-order chi connectivity index (χ1) is 11.9. The van der Waals surface area contributed by atoms with Crippen LogP contribution in [0.5, 0.6) is 0 Å². The minimum atomic E-state index is 0. The van der Waals surface area contributed by atoms with Gasteiger partial charge in [0.2, 0.25) is 0 Å². The highest BCUT2D eigenvalue weighted by Crippen LogP contribution is 2.27. The van der Waals surface area contributed by atoms with E-state index in [0.717, 1.165) is 53.9 Å². The molecule has 6 nitrogen and oxygen atoms in total. The van der Waals surface area contributed by atoms with E-state index in [1.54, 1.807) is 0 Å². The summed E-state index contributed by atoms with van der Waals surface area (Å²) in [6.45, 7) is 12.8. The lowest BCUT2D eigenvalue weighted by Crippen LogP contribution is -2.10. The average Bonchev–Trinajstić information content (AvgIpc) is 3.20. The molecule has 3 rings (SSSR count). The molecule has 0 unspecified atom stereocenters. The first kappa shape index (κ1) is 20.5. The highest BCUT2D eigenvalue weighted by molar-refractivity contribution is 6.31. The van der Waals surface area contributed by atoms with Gasteiger partial charge in [-0.15, -0.1) is 12.4 Å². The van der Waals surface area contributed by atoms with Crippen LogP contribution < -0.4 is 0 Å². The van der Waals surface area contributed by atoms with Gasteiger partial charge in [-0.2, -0.15) is 10.2 Å². The molecule has 3 aromatic heterocycles. The van der Waals surface area contributed by atoms with Crippen molar-refractivity contribution in [3.05, 3.63) is 40.3 Å². The Morgan fingerprint density at radius 3 is 2.19 bits per heavy atom. The van der Waals surface area contributed by atoms with Gasteiger partial charge in [0.05, 0.1) is 46.9 Å². The Bertz CT molecular complexity index is 890. The maximum Gasteiger partial charge on any atom is 0.0951 e. The van der Waals surface area contributed by atoms with E-state index in [2.05, 4.69) is 45.2 Å². The first-order valence-electron chi connectivity index (χ1n) is 8.68. The van der Waals surface area contributed by atoms with Gasteiger partial charge in [-0.1, -0.05) is 18.5 Å². The van der Waals surface area contributed by atoms with Gasteiger partial charge >= 0.3 is 0 Å². The van der Waals surface area contributed by atoms with Crippen molar-refractivity contribution < 1.29 is 0 Å². The predicted octanol–water partition coefficient (Wildman–Crippen LogP) is 4.36. The number of halogens is 2. The zero-order chi connectivity index (χ0) is 18.1. The van der Waals surface area contributed by atoms with Crippen LogP contribution in [0.1, 0.15) is 36.1 Å². The van der Waals surface area contributed by atoms with Crippen molar-refractivity contribution in [2.75, 3.05) is 0 Å². The van der Waals surface area contributed by atoms with Gasteiger partial charge < -0.3 is 4.57 Å². The summed E-state index contributed by atoms with van der Waals surface area (Å²) in [7, 11) is 0. The lowest BCUT2D eigenvalue weighted by atomic mass is 10.1. The summed E-state index contributed by atoms with van der Waals surface area (Å²) in [5.74, 6) is 0. The van der Waals surface area contributed by atoms with Gasteiger partial charge in [0.15, 0.2) is 0 Å². The molecule has 0 radical (unpaired) electrons. The minimum Gasteiger partial charge on any atom is -0.329 e. The summed E-state index contributed by atoms with van der Waals surface area (Å²) in [4.78, 5) is 4.36. The molecule has 0 saturated carbocycles. The summed E-state index contributed by atoms with van der Waals surface area (Å²) in [6.07, 6.45) is 4.86. The predicted molar refractivity (Wildman–Crippen MR) is 107 cm³/mol. The number of hydrogen-bond donors (Lipinski definition) is 0. The van der Waals surface area contributed by atoms with Gasteiger partial charge in [0.1, 0.15) is 0 Å². The van der Waals surface area contributed by atoms with E-state index >= 15 is 0 Å². The first-order valence-corrected chi connectivity index (χ1v) is 9.05. The second-order valence-corrected chi connectivity index (χ2v) is 6.83. The van der Waals surface area contributed by atoms with Crippen LogP contribution in [0.4, 0.5) is 0 Å². The fourth-order valence-corrected chi connectivity index (χ4v) is 3.43. The van der Waals surface area contributed by atoms with E-state index in [4.69, 9.17) is 11.6 Å². The fourth-order valence-electron chi connectivity index (χ4n) is 3.30. The van der Waals surface area contributed by atoms with Crippen LogP contribution >= 0.6 is 24.0 Å². The number of nitrogens with zero attached hydrogens (tertiary/aromatic N) is 6. The third kappa shape index (κ3) is 3.67. The molecule has 0 aliphatic heterocycles. The van der Waals surface area contributed by atoms with Crippen LogP contribution in [0.15, 0.2) is 12.5 Å². The largest absolute Gasteiger partial charge is 0.329 e. The maximum absolute atomic E-state index is 6.25. The minimum absolute atomic E-state index is 0. The second-order valence-electron chi connectivity index (χ2n) is 6.45. The third-order valence-electron chi connectivity index (χ3n) is 4.63. The molecule has 0 amide bonds. The van der Waals surface area contributed by atoms with Crippen LogP contribution in [-0.2, 0) is 19.6 Å². The van der Waals surface area contributed by atoms with E-state index in [-0.39, 0.29) is 12.4 Å². The Morgan fingerprint density at radius 1 is 0.923 bits per heavy atom. The van der Waals surface area contributed by atoms with Crippen molar-refractivity contribution in [1.29, 1.82) is 0 Å². The summed E-state index contributed by atoms with van der Waals surface area (Å²) in [5, 5.41) is 9.94. The topological polar surface area (TPSA) is 53.5 Å². The number of rotatable bonds is 6. The Balaban J connectivity index is 0.00000243. The Labute approximate surface area is 165 Å². The van der Waals surface area contributed by atoms with E-state index in [0.29, 0.717) is 0 Å². The number of aromatic nitrogens is 6. The molecule has 0 saturated heterocycles. The third-order valence-corrected chi connectivity index (χ3v) is 5.18. The van der Waals surface area contributed by atoms with Crippen molar-refractivity contribution >= 4 is 24.0 Å². The van der Waals surface area contributed by atoms with E-state index < -0.39 is 0 Å². The van der Waals surface area contributed by atoms with Crippen molar-refractivity contribution in [3.8, 4) is 11.3 Å². The van der Waals surface area contributed by atoms with Crippen LogP contribution in [0.2, 0.25) is 5.02 Å². The van der Waals surface area contributed by atoms with Crippen molar-refractivity contribution in [1.82, 2.24) is 29.1 Å². The molecule has 0 atom stereocenters. The zero-order valence-corrected chi connectivity index (χ0v) is 17.5. The zero-order valence-electron chi connectivity index (χ0n) is 16.0. The van der Waals surface area contributed by atoms with Gasteiger partial charge in [-0.3, -0.25) is 9.36 Å².